The molecule has 2 amide bonds. The first kappa shape index (κ1) is 14.1. The molecule has 2 aromatic carbocycles. The molecular formula is C18H14N4O2. The highest BCUT2D eigenvalue weighted by Crippen LogP contribution is 2.25. The fourth-order valence-corrected chi connectivity index (χ4v) is 2.73. The summed E-state index contributed by atoms with van der Waals surface area (Å²) in [5, 5.41) is 3.14. The number of benzene rings is 2. The Bertz CT molecular complexity index is 1050. The van der Waals surface area contributed by atoms with Gasteiger partial charge in [0, 0.05) is 17.1 Å². The van der Waals surface area contributed by atoms with E-state index in [1.807, 2.05) is 36.4 Å². The lowest BCUT2D eigenvalue weighted by Crippen LogP contribution is -2.41. The molecule has 2 heterocycles. The highest BCUT2D eigenvalue weighted by atomic mass is 16.2. The maximum Gasteiger partial charge on any atom is 0.286 e. The molecule has 4 aromatic rings. The van der Waals surface area contributed by atoms with Crippen LogP contribution in [0.3, 0.4) is 0 Å². The molecule has 0 atom stereocenters. The van der Waals surface area contributed by atoms with Crippen LogP contribution < -0.4 is 10.9 Å². The second kappa shape index (κ2) is 5.58. The van der Waals surface area contributed by atoms with Gasteiger partial charge in [-0.15, -0.1) is 0 Å². The van der Waals surface area contributed by atoms with Gasteiger partial charge in [-0.1, -0.05) is 30.3 Å². The van der Waals surface area contributed by atoms with Crippen LogP contribution in [0.5, 0.6) is 0 Å². The van der Waals surface area contributed by atoms with Crippen molar-refractivity contribution in [2.45, 2.75) is 0 Å². The number of amides is 2. The van der Waals surface area contributed by atoms with Crippen LogP contribution in [0, 0.1) is 0 Å². The quantitative estimate of drug-likeness (QED) is 0.428. The van der Waals surface area contributed by atoms with Gasteiger partial charge in [-0.25, -0.2) is 0 Å². The van der Waals surface area contributed by atoms with E-state index in [4.69, 9.17) is 0 Å². The molecule has 0 saturated heterocycles. The molecule has 2 aromatic heterocycles. The van der Waals surface area contributed by atoms with Crippen molar-refractivity contribution < 1.29 is 9.59 Å². The SMILES string of the molecule is O=C(NNC(=O)c1cc2c(ccc3ccccc32)[nH]1)c1ccc[nH]1. The summed E-state index contributed by atoms with van der Waals surface area (Å²) in [6, 6.07) is 17.0. The average molecular weight is 318 g/mol. The number of hydrogen-bond acceptors (Lipinski definition) is 2. The lowest BCUT2D eigenvalue weighted by molar-refractivity contribution is 0.0842. The van der Waals surface area contributed by atoms with E-state index in [1.165, 1.54) is 0 Å². The number of carbonyl (C=O) groups is 2. The van der Waals surface area contributed by atoms with Crippen molar-refractivity contribution in [3.63, 3.8) is 0 Å². The Morgan fingerprint density at radius 2 is 1.58 bits per heavy atom. The second-order valence-electron chi connectivity index (χ2n) is 5.42. The Morgan fingerprint density at radius 1 is 0.792 bits per heavy atom. The molecule has 4 N–H and O–H groups in total. The number of rotatable bonds is 2. The lowest BCUT2D eigenvalue weighted by atomic mass is 10.1. The predicted octanol–water partition coefficient (Wildman–Crippen LogP) is 2.72. The van der Waals surface area contributed by atoms with Gasteiger partial charge < -0.3 is 9.97 Å². The van der Waals surface area contributed by atoms with Crippen LogP contribution in [0.2, 0.25) is 0 Å². The zero-order valence-electron chi connectivity index (χ0n) is 12.6. The number of hydrazine groups is 1. The topological polar surface area (TPSA) is 89.8 Å². The third-order valence-electron chi connectivity index (χ3n) is 3.91. The standard InChI is InChI=1S/C18H14N4O2/c23-17(15-6-3-9-19-15)21-22-18(24)16-10-13-12-5-2-1-4-11(12)7-8-14(13)20-16/h1-10,19-20H,(H,21,23)(H,22,24). The van der Waals surface area contributed by atoms with Crippen LogP contribution in [0.4, 0.5) is 0 Å². The maximum atomic E-state index is 12.3. The molecule has 0 spiro atoms. The van der Waals surface area contributed by atoms with E-state index in [1.54, 1.807) is 24.4 Å². The van der Waals surface area contributed by atoms with E-state index in [2.05, 4.69) is 20.8 Å². The zero-order chi connectivity index (χ0) is 16.5. The average Bonchev–Trinajstić information content (AvgIpc) is 3.28. The van der Waals surface area contributed by atoms with Gasteiger partial charge >= 0.3 is 0 Å². The second-order valence-corrected chi connectivity index (χ2v) is 5.42. The van der Waals surface area contributed by atoms with Crippen molar-refractivity contribution in [2.24, 2.45) is 0 Å². The summed E-state index contributed by atoms with van der Waals surface area (Å²) in [5.74, 6) is -0.815. The number of aromatic nitrogens is 2. The Hall–Kier alpha value is -3.54. The largest absolute Gasteiger partial charge is 0.357 e. The van der Waals surface area contributed by atoms with E-state index < -0.39 is 11.8 Å². The molecule has 24 heavy (non-hydrogen) atoms. The van der Waals surface area contributed by atoms with Gasteiger partial charge in [0.2, 0.25) is 0 Å². The van der Waals surface area contributed by atoms with Crippen molar-refractivity contribution in [1.82, 2.24) is 20.8 Å². The number of hydrogen-bond donors (Lipinski definition) is 4. The molecular weight excluding hydrogens is 304 g/mol. The number of carbonyl (C=O) groups excluding carboxylic acids is 2. The Balaban J connectivity index is 1.58. The summed E-state index contributed by atoms with van der Waals surface area (Å²) >= 11 is 0. The highest BCUT2D eigenvalue weighted by Gasteiger charge is 2.13. The van der Waals surface area contributed by atoms with E-state index in [0.717, 1.165) is 21.7 Å². The summed E-state index contributed by atoms with van der Waals surface area (Å²) in [4.78, 5) is 29.9. The Labute approximate surface area is 136 Å². The van der Waals surface area contributed by atoms with Crippen molar-refractivity contribution in [1.29, 1.82) is 0 Å². The molecule has 0 aliphatic carbocycles. The molecule has 6 nitrogen and oxygen atoms in total. The molecule has 0 aliphatic rings. The number of H-pyrrole nitrogens is 2. The summed E-state index contributed by atoms with van der Waals surface area (Å²) in [6.45, 7) is 0. The molecule has 6 heteroatoms. The number of nitrogens with one attached hydrogen (secondary N) is 4. The van der Waals surface area contributed by atoms with Crippen LogP contribution in [0.15, 0.2) is 60.8 Å². The van der Waals surface area contributed by atoms with E-state index >= 15 is 0 Å². The van der Waals surface area contributed by atoms with Crippen molar-refractivity contribution >= 4 is 33.5 Å². The van der Waals surface area contributed by atoms with E-state index in [0.29, 0.717) is 11.4 Å². The van der Waals surface area contributed by atoms with Crippen LogP contribution in [-0.2, 0) is 0 Å². The van der Waals surface area contributed by atoms with Gasteiger partial charge in [0.25, 0.3) is 11.8 Å². The molecule has 0 aliphatic heterocycles. The number of aromatic amines is 2. The fourth-order valence-electron chi connectivity index (χ4n) is 2.73. The smallest absolute Gasteiger partial charge is 0.286 e. The molecule has 0 saturated carbocycles. The van der Waals surface area contributed by atoms with Crippen molar-refractivity contribution in [3.05, 3.63) is 72.2 Å². The normalized spacial score (nSPS) is 10.8. The lowest BCUT2D eigenvalue weighted by Gasteiger charge is -2.04. The highest BCUT2D eigenvalue weighted by molar-refractivity contribution is 6.10. The summed E-state index contributed by atoms with van der Waals surface area (Å²) in [6.07, 6.45) is 1.64. The first-order valence-corrected chi connectivity index (χ1v) is 7.47. The fraction of sp³-hybridized carbons (Fsp3) is 0. The molecule has 118 valence electrons. The molecule has 0 radical (unpaired) electrons. The van der Waals surface area contributed by atoms with Gasteiger partial charge in [0.15, 0.2) is 0 Å². The first-order chi connectivity index (χ1) is 11.7. The first-order valence-electron chi connectivity index (χ1n) is 7.47. The van der Waals surface area contributed by atoms with Crippen LogP contribution in [0.25, 0.3) is 21.7 Å². The van der Waals surface area contributed by atoms with Gasteiger partial charge in [-0.2, -0.15) is 0 Å². The third-order valence-corrected chi connectivity index (χ3v) is 3.91. The minimum Gasteiger partial charge on any atom is -0.357 e. The summed E-state index contributed by atoms with van der Waals surface area (Å²) < 4.78 is 0. The van der Waals surface area contributed by atoms with Crippen LogP contribution in [0.1, 0.15) is 21.0 Å². The van der Waals surface area contributed by atoms with Crippen molar-refractivity contribution in [3.8, 4) is 0 Å². The minimum absolute atomic E-state index is 0.373. The molecule has 0 bridgehead atoms. The van der Waals surface area contributed by atoms with Gasteiger partial charge in [0.05, 0.1) is 0 Å². The van der Waals surface area contributed by atoms with Gasteiger partial charge in [0.1, 0.15) is 11.4 Å². The Kier molecular flexibility index (Phi) is 3.28. The summed E-state index contributed by atoms with van der Waals surface area (Å²) in [5.41, 5.74) is 6.41. The van der Waals surface area contributed by atoms with Crippen LogP contribution in [-0.4, -0.2) is 21.8 Å². The van der Waals surface area contributed by atoms with Gasteiger partial charge in [-0.3, -0.25) is 20.4 Å². The van der Waals surface area contributed by atoms with Gasteiger partial charge in [-0.05, 0) is 35.0 Å². The minimum atomic E-state index is -0.407. The van der Waals surface area contributed by atoms with Crippen molar-refractivity contribution in [2.75, 3.05) is 0 Å². The molecule has 0 fully saturated rings. The predicted molar refractivity (Wildman–Crippen MR) is 91.5 cm³/mol. The summed E-state index contributed by atoms with van der Waals surface area (Å²) in [7, 11) is 0. The van der Waals surface area contributed by atoms with Crippen LogP contribution >= 0.6 is 0 Å². The molecule has 4 rings (SSSR count). The third kappa shape index (κ3) is 2.40. The monoisotopic (exact) mass is 318 g/mol. The zero-order valence-corrected chi connectivity index (χ0v) is 12.6. The van der Waals surface area contributed by atoms with E-state index in [-0.39, 0.29) is 0 Å². The maximum absolute atomic E-state index is 12.3. The Morgan fingerprint density at radius 3 is 2.38 bits per heavy atom. The number of fused-ring (bicyclic) bond motifs is 3. The van der Waals surface area contributed by atoms with E-state index in [9.17, 15) is 9.59 Å². The molecule has 0 unspecified atom stereocenters.